The third kappa shape index (κ3) is 3.02. The fourth-order valence-corrected chi connectivity index (χ4v) is 11.0. The number of esters is 1. The van der Waals surface area contributed by atoms with Crippen LogP contribution < -0.4 is 0 Å². The van der Waals surface area contributed by atoms with Gasteiger partial charge in [-0.25, -0.2) is 0 Å². The monoisotopic (exact) mass is 496 g/mol. The van der Waals surface area contributed by atoms with Crippen molar-refractivity contribution in [2.24, 2.45) is 50.2 Å². The van der Waals surface area contributed by atoms with Gasteiger partial charge in [-0.1, -0.05) is 47.1 Å². The maximum Gasteiger partial charge on any atom is 0.311 e. The number of ketones is 2. The highest BCUT2D eigenvalue weighted by Gasteiger charge is 2.71. The highest BCUT2D eigenvalue weighted by atomic mass is 16.5. The van der Waals surface area contributed by atoms with Crippen molar-refractivity contribution in [3.05, 3.63) is 11.6 Å². The Morgan fingerprint density at radius 3 is 2.28 bits per heavy atom. The number of hydrogen-bond acceptors (Lipinski definition) is 4. The van der Waals surface area contributed by atoms with E-state index in [1.165, 1.54) is 12.7 Å². The summed E-state index contributed by atoms with van der Waals surface area (Å²) in [6.45, 7) is 15.8. The van der Waals surface area contributed by atoms with Crippen LogP contribution in [-0.2, 0) is 19.1 Å². The zero-order valence-corrected chi connectivity index (χ0v) is 24.0. The topological polar surface area (TPSA) is 60.4 Å². The average Bonchev–Trinajstić information content (AvgIpc) is 2.82. The van der Waals surface area contributed by atoms with Crippen LogP contribution in [0, 0.1) is 50.2 Å². The normalized spacial score (nSPS) is 49.7. The van der Waals surface area contributed by atoms with Gasteiger partial charge in [0.15, 0.2) is 5.78 Å². The van der Waals surface area contributed by atoms with Crippen molar-refractivity contribution >= 4 is 17.5 Å². The Morgan fingerprint density at radius 2 is 1.64 bits per heavy atom. The first-order valence-corrected chi connectivity index (χ1v) is 14.5. The van der Waals surface area contributed by atoms with Crippen LogP contribution in [0.2, 0.25) is 0 Å². The predicted octanol–water partition coefficient (Wildman–Crippen LogP) is 7.10. The molecule has 5 aliphatic rings. The summed E-state index contributed by atoms with van der Waals surface area (Å²) in [6, 6.07) is 0. The van der Waals surface area contributed by atoms with Crippen LogP contribution in [-0.4, -0.2) is 24.6 Å². The number of methoxy groups -OCH3 is 1. The molecular formula is C32H48O4. The van der Waals surface area contributed by atoms with Crippen molar-refractivity contribution in [3.8, 4) is 0 Å². The van der Waals surface area contributed by atoms with E-state index in [9.17, 15) is 14.4 Å². The van der Waals surface area contributed by atoms with Gasteiger partial charge in [0, 0.05) is 17.8 Å². The minimum absolute atomic E-state index is 0.0241. The molecule has 0 aliphatic heterocycles. The van der Waals surface area contributed by atoms with Gasteiger partial charge in [0.2, 0.25) is 0 Å². The van der Waals surface area contributed by atoms with E-state index >= 15 is 0 Å². The molecule has 36 heavy (non-hydrogen) atoms. The molecule has 4 heteroatoms. The Morgan fingerprint density at radius 1 is 0.972 bits per heavy atom. The highest BCUT2D eigenvalue weighted by Crippen LogP contribution is 2.75. The van der Waals surface area contributed by atoms with Crippen LogP contribution in [0.25, 0.3) is 0 Å². The first-order valence-electron chi connectivity index (χ1n) is 14.5. The standard InChI is InChI=1S/C32H48O4/c1-9-32-17-16-28(4)14-15-29(5,26(35)36-8)19-21(28)20(32)18-22(33)25-30(6)12-11-24(34)27(2,3)23(30)10-13-31(25,32)7/h18,21,23,25H,9-17,19H2,1-8H3/t21-,23-,25+,28+,29-,30-,31+,32+/m0/s1. The van der Waals surface area contributed by atoms with E-state index in [4.69, 9.17) is 4.74 Å². The fraction of sp³-hybridized carbons (Fsp3) is 0.844. The Bertz CT molecular complexity index is 1040. The van der Waals surface area contributed by atoms with E-state index in [0.29, 0.717) is 18.0 Å². The summed E-state index contributed by atoms with van der Waals surface area (Å²) in [6.07, 6.45) is 11.5. The molecular weight excluding hydrogens is 448 g/mol. The Labute approximate surface area is 218 Å². The maximum atomic E-state index is 14.4. The maximum absolute atomic E-state index is 14.4. The largest absolute Gasteiger partial charge is 0.469 e. The molecule has 0 saturated heterocycles. The van der Waals surface area contributed by atoms with Crippen LogP contribution in [0.5, 0.6) is 0 Å². The molecule has 0 aromatic heterocycles. The van der Waals surface area contributed by atoms with E-state index in [1.54, 1.807) is 0 Å². The zero-order chi connectivity index (χ0) is 26.5. The van der Waals surface area contributed by atoms with Crippen molar-refractivity contribution in [2.45, 2.75) is 113 Å². The van der Waals surface area contributed by atoms with E-state index < -0.39 is 5.41 Å². The van der Waals surface area contributed by atoms with Gasteiger partial charge in [-0.15, -0.1) is 0 Å². The Kier molecular flexibility index (Phi) is 5.66. The van der Waals surface area contributed by atoms with Crippen molar-refractivity contribution < 1.29 is 19.1 Å². The number of hydrogen-bond donors (Lipinski definition) is 0. The summed E-state index contributed by atoms with van der Waals surface area (Å²) in [5.74, 6) is 1.01. The molecule has 4 saturated carbocycles. The molecule has 8 atom stereocenters. The molecule has 0 N–H and O–H groups in total. The molecule has 5 rings (SSSR count). The van der Waals surface area contributed by atoms with Crippen molar-refractivity contribution in [1.29, 1.82) is 0 Å². The van der Waals surface area contributed by atoms with Crippen LogP contribution in [0.1, 0.15) is 113 Å². The van der Waals surface area contributed by atoms with Gasteiger partial charge in [-0.05, 0) is 104 Å². The van der Waals surface area contributed by atoms with Gasteiger partial charge >= 0.3 is 5.97 Å². The lowest BCUT2D eigenvalue weighted by Crippen LogP contribution is -2.66. The second kappa shape index (κ2) is 7.79. The lowest BCUT2D eigenvalue weighted by Gasteiger charge is -2.70. The molecule has 200 valence electrons. The molecule has 0 aromatic carbocycles. The van der Waals surface area contributed by atoms with E-state index in [2.05, 4.69) is 54.5 Å². The summed E-state index contributed by atoms with van der Waals surface area (Å²) in [4.78, 5) is 40.2. The van der Waals surface area contributed by atoms with Gasteiger partial charge in [0.25, 0.3) is 0 Å². The number of fused-ring (bicyclic) bond motifs is 7. The molecule has 0 unspecified atom stereocenters. The van der Waals surface area contributed by atoms with Crippen molar-refractivity contribution in [1.82, 2.24) is 0 Å². The Hall–Kier alpha value is -1.45. The molecule has 4 fully saturated rings. The van der Waals surface area contributed by atoms with Crippen LogP contribution in [0.3, 0.4) is 0 Å². The minimum atomic E-state index is -0.491. The van der Waals surface area contributed by atoms with Crippen LogP contribution in [0.4, 0.5) is 0 Å². The molecule has 0 aromatic rings. The van der Waals surface area contributed by atoms with Gasteiger partial charge in [0.1, 0.15) is 5.78 Å². The van der Waals surface area contributed by atoms with E-state index in [1.807, 2.05) is 0 Å². The summed E-state index contributed by atoms with van der Waals surface area (Å²) in [5.41, 5.74) is 0.324. The number of ether oxygens (including phenoxy) is 1. The molecule has 0 radical (unpaired) electrons. The zero-order valence-electron chi connectivity index (χ0n) is 24.0. The minimum Gasteiger partial charge on any atom is -0.469 e. The Balaban J connectivity index is 1.65. The molecule has 0 heterocycles. The van der Waals surface area contributed by atoms with Crippen molar-refractivity contribution in [2.75, 3.05) is 7.11 Å². The third-order valence-corrected chi connectivity index (χ3v) is 13.3. The summed E-state index contributed by atoms with van der Waals surface area (Å²) < 4.78 is 5.27. The molecule has 0 amide bonds. The molecule has 4 nitrogen and oxygen atoms in total. The number of rotatable bonds is 2. The lowest BCUT2D eigenvalue weighted by atomic mass is 9.33. The SMILES string of the molecule is CC[C@@]12CC[C@@]3(C)CC[C@](C)(C(=O)OC)C[C@H]3C1=CC(=O)[C@@H]1[C@@]3(C)CCC(=O)C(C)(C)[C@@H]3CC[C@]12C. The van der Waals surface area contributed by atoms with Gasteiger partial charge in [-0.3, -0.25) is 14.4 Å². The lowest BCUT2D eigenvalue weighted by molar-refractivity contribution is -0.191. The highest BCUT2D eigenvalue weighted by molar-refractivity contribution is 5.96. The van der Waals surface area contributed by atoms with Crippen molar-refractivity contribution in [3.63, 3.8) is 0 Å². The van der Waals surface area contributed by atoms with E-state index in [0.717, 1.165) is 57.8 Å². The second-order valence-corrected chi connectivity index (χ2v) is 15.0. The number of Topliss-reactive ketones (excluding diaryl/α,β-unsaturated/α-hetero) is 1. The third-order valence-electron chi connectivity index (χ3n) is 13.3. The average molecular weight is 497 g/mol. The first kappa shape index (κ1) is 26.2. The summed E-state index contributed by atoms with van der Waals surface area (Å²) in [5, 5.41) is 0. The predicted molar refractivity (Wildman–Crippen MR) is 141 cm³/mol. The molecule has 0 spiro atoms. The second-order valence-electron chi connectivity index (χ2n) is 15.0. The van der Waals surface area contributed by atoms with Gasteiger partial charge in [-0.2, -0.15) is 0 Å². The van der Waals surface area contributed by atoms with Crippen LogP contribution >= 0.6 is 0 Å². The molecule has 5 aliphatic carbocycles. The molecule has 0 bridgehead atoms. The van der Waals surface area contributed by atoms with Crippen LogP contribution in [0.15, 0.2) is 11.6 Å². The first-order chi connectivity index (χ1) is 16.7. The van der Waals surface area contributed by atoms with E-state index in [-0.39, 0.29) is 50.8 Å². The number of allylic oxidation sites excluding steroid dienone is 2. The number of carbonyl (C=O) groups excluding carboxylic acids is 3. The van der Waals surface area contributed by atoms with Gasteiger partial charge < -0.3 is 4.74 Å². The summed E-state index contributed by atoms with van der Waals surface area (Å²) in [7, 11) is 1.50. The number of carbonyl (C=O) groups is 3. The fourth-order valence-electron chi connectivity index (χ4n) is 11.0. The smallest absolute Gasteiger partial charge is 0.311 e. The van der Waals surface area contributed by atoms with Gasteiger partial charge in [0.05, 0.1) is 12.5 Å². The summed E-state index contributed by atoms with van der Waals surface area (Å²) >= 11 is 0. The quantitative estimate of drug-likeness (QED) is 0.383.